The maximum Gasteiger partial charge on any atom is 0.224 e. The zero-order chi connectivity index (χ0) is 37.5. The highest BCUT2D eigenvalue weighted by molar-refractivity contribution is 5.93. The number of nitrogens with zero attached hydrogens (tertiary/aromatic N) is 1. The van der Waals surface area contributed by atoms with Crippen LogP contribution in [0.3, 0.4) is 0 Å². The van der Waals surface area contributed by atoms with Crippen LogP contribution in [0.2, 0.25) is 0 Å². The summed E-state index contributed by atoms with van der Waals surface area (Å²) in [5.41, 5.74) is 12.9. The number of rotatable bonds is 17. The Morgan fingerprint density at radius 1 is 0.667 bits per heavy atom. The molecule has 0 aliphatic carbocycles. The molecule has 0 unspecified atom stereocenters. The molecule has 0 bridgehead atoms. The maximum absolute atomic E-state index is 12.9. The molecule has 5 N–H and O–H groups in total. The Hall–Kier alpha value is -5.32. The van der Waals surface area contributed by atoms with Crippen molar-refractivity contribution in [3.8, 4) is 0 Å². The second kappa shape index (κ2) is 19.7. The van der Waals surface area contributed by atoms with Gasteiger partial charge in [0.15, 0.2) is 6.29 Å². The Morgan fingerprint density at radius 2 is 1.30 bits per heavy atom. The van der Waals surface area contributed by atoms with Crippen molar-refractivity contribution in [1.82, 2.24) is 4.90 Å². The number of ether oxygens (including phenoxy) is 2. The number of anilines is 3. The first-order valence-electron chi connectivity index (χ1n) is 18.8. The molecule has 2 amide bonds. The number of hydrogen-bond acceptors (Lipinski definition) is 7. The third-order valence-corrected chi connectivity index (χ3v) is 9.56. The van der Waals surface area contributed by atoms with Crippen molar-refractivity contribution in [3.05, 3.63) is 161 Å². The third kappa shape index (κ3) is 11.6. The van der Waals surface area contributed by atoms with Gasteiger partial charge in [0.25, 0.3) is 0 Å². The standard InChI is InChI=1S/C45H50N4O5/c46-40-19-10-11-20-41(40)48-44(52)22-9-3-8-21-43(51)47-38-18-12-17-37(27-38)45-53-39(28-42(54-45)36-25-23-35(32-50)24-26-36)31-49(29-33-13-4-1-5-14-33)30-34-15-6-2-7-16-34/h1-2,4-7,10-20,23-27,39,42,45,50H,3,8-9,21-22,28-32,46H2,(H,47,51)(H,48,52)/t39-,42+,45+/m0/s1. The molecule has 5 aromatic rings. The number of aliphatic hydroxyl groups is 1. The van der Waals surface area contributed by atoms with Crippen LogP contribution in [0.1, 0.15) is 78.7 Å². The number of benzene rings is 5. The van der Waals surface area contributed by atoms with E-state index in [1.807, 2.05) is 72.8 Å². The zero-order valence-corrected chi connectivity index (χ0v) is 30.6. The molecular weight excluding hydrogens is 677 g/mol. The molecule has 0 radical (unpaired) electrons. The van der Waals surface area contributed by atoms with Crippen molar-refractivity contribution in [2.75, 3.05) is 22.9 Å². The number of aliphatic hydroxyl groups excluding tert-OH is 1. The minimum Gasteiger partial charge on any atom is -0.397 e. The Kier molecular flexibility index (Phi) is 14.0. The second-order valence-corrected chi connectivity index (χ2v) is 13.9. The van der Waals surface area contributed by atoms with Crippen molar-refractivity contribution in [2.45, 2.75) is 76.7 Å². The molecule has 5 aromatic carbocycles. The van der Waals surface area contributed by atoms with Gasteiger partial charge in [-0.2, -0.15) is 0 Å². The lowest BCUT2D eigenvalue weighted by atomic mass is 9.99. The van der Waals surface area contributed by atoms with E-state index in [1.54, 1.807) is 12.1 Å². The summed E-state index contributed by atoms with van der Waals surface area (Å²) < 4.78 is 13.4. The molecular formula is C45H50N4O5. The minimum atomic E-state index is -0.657. The second-order valence-electron chi connectivity index (χ2n) is 13.9. The number of carbonyl (C=O) groups excluding carboxylic acids is 2. The lowest BCUT2D eigenvalue weighted by Gasteiger charge is -2.38. The number of hydrogen-bond donors (Lipinski definition) is 4. The number of unbranched alkanes of at least 4 members (excludes halogenated alkanes) is 2. The van der Waals surface area contributed by atoms with Gasteiger partial charge in [-0.15, -0.1) is 0 Å². The van der Waals surface area contributed by atoms with Gasteiger partial charge in [-0.1, -0.05) is 116 Å². The van der Waals surface area contributed by atoms with E-state index < -0.39 is 6.29 Å². The van der Waals surface area contributed by atoms with Crippen LogP contribution >= 0.6 is 0 Å². The van der Waals surface area contributed by atoms with Gasteiger partial charge in [0, 0.05) is 50.1 Å². The van der Waals surface area contributed by atoms with E-state index in [4.69, 9.17) is 15.2 Å². The highest BCUT2D eigenvalue weighted by Crippen LogP contribution is 2.39. The van der Waals surface area contributed by atoms with Gasteiger partial charge in [0.05, 0.1) is 30.2 Å². The monoisotopic (exact) mass is 726 g/mol. The van der Waals surface area contributed by atoms with Crippen LogP contribution in [0.25, 0.3) is 0 Å². The van der Waals surface area contributed by atoms with E-state index >= 15 is 0 Å². The highest BCUT2D eigenvalue weighted by Gasteiger charge is 2.33. The topological polar surface area (TPSA) is 126 Å². The first kappa shape index (κ1) is 38.4. The molecule has 280 valence electrons. The van der Waals surface area contributed by atoms with Gasteiger partial charge in [-0.25, -0.2) is 0 Å². The zero-order valence-electron chi connectivity index (χ0n) is 30.6. The van der Waals surface area contributed by atoms with Gasteiger partial charge in [-0.3, -0.25) is 14.5 Å². The van der Waals surface area contributed by atoms with Crippen LogP contribution < -0.4 is 16.4 Å². The molecule has 6 rings (SSSR count). The number of amides is 2. The average Bonchev–Trinajstić information content (AvgIpc) is 3.19. The number of nitrogens with two attached hydrogens (primary N) is 1. The molecule has 3 atom stereocenters. The van der Waals surface area contributed by atoms with Crippen molar-refractivity contribution < 1.29 is 24.2 Å². The van der Waals surface area contributed by atoms with Crippen LogP contribution in [-0.4, -0.2) is 34.5 Å². The fourth-order valence-electron chi connectivity index (χ4n) is 6.75. The first-order valence-corrected chi connectivity index (χ1v) is 18.8. The van der Waals surface area contributed by atoms with E-state index in [-0.39, 0.29) is 30.6 Å². The Bertz CT molecular complexity index is 1880. The number of carbonyl (C=O) groups is 2. The summed E-state index contributed by atoms with van der Waals surface area (Å²) in [6.45, 7) is 2.21. The highest BCUT2D eigenvalue weighted by atomic mass is 16.7. The Balaban J connectivity index is 1.09. The van der Waals surface area contributed by atoms with E-state index in [0.29, 0.717) is 55.7 Å². The van der Waals surface area contributed by atoms with Crippen LogP contribution in [0.5, 0.6) is 0 Å². The summed E-state index contributed by atoms with van der Waals surface area (Å²) in [6.07, 6.45) is 2.43. The van der Waals surface area contributed by atoms with Crippen LogP contribution in [-0.2, 0) is 38.8 Å². The van der Waals surface area contributed by atoms with Crippen molar-refractivity contribution in [3.63, 3.8) is 0 Å². The minimum absolute atomic E-state index is 0.0194. The van der Waals surface area contributed by atoms with Crippen LogP contribution in [0.4, 0.5) is 17.1 Å². The summed E-state index contributed by atoms with van der Waals surface area (Å²) >= 11 is 0. The summed E-state index contributed by atoms with van der Waals surface area (Å²) in [6, 6.07) is 43.7. The van der Waals surface area contributed by atoms with Gasteiger partial charge >= 0.3 is 0 Å². The fourth-order valence-corrected chi connectivity index (χ4v) is 6.75. The molecule has 1 aliphatic heterocycles. The first-order chi connectivity index (χ1) is 26.4. The summed E-state index contributed by atoms with van der Waals surface area (Å²) in [5, 5.41) is 15.5. The molecule has 0 aromatic heterocycles. The van der Waals surface area contributed by atoms with E-state index in [9.17, 15) is 14.7 Å². The number of nitrogen functional groups attached to an aromatic ring is 1. The largest absolute Gasteiger partial charge is 0.397 e. The lowest BCUT2D eigenvalue weighted by Crippen LogP contribution is -2.39. The van der Waals surface area contributed by atoms with E-state index in [0.717, 1.165) is 36.2 Å². The Labute approximate surface area is 318 Å². The van der Waals surface area contributed by atoms with Gasteiger partial charge in [0.2, 0.25) is 11.8 Å². The molecule has 1 aliphatic rings. The third-order valence-electron chi connectivity index (χ3n) is 9.56. The number of nitrogens with one attached hydrogen (secondary N) is 2. The van der Waals surface area contributed by atoms with Crippen LogP contribution in [0, 0.1) is 0 Å². The summed E-state index contributed by atoms with van der Waals surface area (Å²) in [4.78, 5) is 27.7. The van der Waals surface area contributed by atoms with Crippen LogP contribution in [0.15, 0.2) is 133 Å². The molecule has 0 spiro atoms. The summed E-state index contributed by atoms with van der Waals surface area (Å²) in [7, 11) is 0. The van der Waals surface area contributed by atoms with E-state index in [2.05, 4.69) is 64.1 Å². The normalized spacial score (nSPS) is 16.9. The lowest BCUT2D eigenvalue weighted by molar-refractivity contribution is -0.253. The Morgan fingerprint density at radius 3 is 1.94 bits per heavy atom. The maximum atomic E-state index is 12.9. The quantitative estimate of drug-likeness (QED) is 0.0559. The van der Waals surface area contributed by atoms with Crippen molar-refractivity contribution in [2.24, 2.45) is 0 Å². The van der Waals surface area contributed by atoms with Gasteiger partial charge < -0.3 is 30.9 Å². The van der Waals surface area contributed by atoms with Crippen molar-refractivity contribution >= 4 is 28.9 Å². The van der Waals surface area contributed by atoms with E-state index in [1.165, 1.54) is 11.1 Å². The van der Waals surface area contributed by atoms with Gasteiger partial charge in [-0.05, 0) is 59.4 Å². The molecule has 0 saturated carbocycles. The van der Waals surface area contributed by atoms with Gasteiger partial charge in [0.1, 0.15) is 0 Å². The molecule has 1 saturated heterocycles. The smallest absolute Gasteiger partial charge is 0.224 e. The molecule has 9 heteroatoms. The predicted octanol–water partition coefficient (Wildman–Crippen LogP) is 8.54. The molecule has 9 nitrogen and oxygen atoms in total. The summed E-state index contributed by atoms with van der Waals surface area (Å²) in [5.74, 6) is -0.176. The molecule has 1 heterocycles. The molecule has 1 fully saturated rings. The predicted molar refractivity (Wildman–Crippen MR) is 213 cm³/mol. The molecule has 54 heavy (non-hydrogen) atoms. The SMILES string of the molecule is Nc1ccccc1NC(=O)CCCCCC(=O)Nc1cccc([C@@H]2O[C@H](CN(Cc3ccccc3)Cc3ccccc3)C[C@H](c3ccc(CO)cc3)O2)c1. The van der Waals surface area contributed by atoms with Crippen molar-refractivity contribution in [1.29, 1.82) is 0 Å². The number of para-hydroxylation sites is 2. The fraction of sp³-hybridized carbons (Fsp3) is 0.289. The average molecular weight is 727 g/mol.